The zero-order valence-electron chi connectivity index (χ0n) is 18.5. The third kappa shape index (κ3) is 4.27. The average Bonchev–Trinajstić information content (AvgIpc) is 2.91. The fraction of sp³-hybridized carbons (Fsp3) is 0.148. The SMILES string of the molecule is O=C(OC(c1ccccc1)c1ccccc1)C1=C(O)COC2C(NC(=O)c3ccccc3)C(=O)N12. The number of rotatable bonds is 6. The van der Waals surface area contributed by atoms with Gasteiger partial charge in [-0.3, -0.25) is 14.5 Å². The Morgan fingerprint density at radius 2 is 1.46 bits per heavy atom. The largest absolute Gasteiger partial charge is 0.507 e. The molecule has 2 atom stereocenters. The second kappa shape index (κ2) is 9.44. The topological polar surface area (TPSA) is 105 Å². The van der Waals surface area contributed by atoms with Crippen LogP contribution in [0.15, 0.2) is 102 Å². The molecule has 2 aliphatic heterocycles. The molecule has 0 bridgehead atoms. The number of nitrogens with zero attached hydrogens (tertiary/aromatic N) is 1. The maximum absolute atomic E-state index is 13.3. The summed E-state index contributed by atoms with van der Waals surface area (Å²) in [5, 5.41) is 13.1. The summed E-state index contributed by atoms with van der Waals surface area (Å²) in [5.74, 6) is -2.29. The number of aliphatic hydroxyl groups is 1. The zero-order chi connectivity index (χ0) is 24.4. The summed E-state index contributed by atoms with van der Waals surface area (Å²) in [4.78, 5) is 39.7. The van der Waals surface area contributed by atoms with Gasteiger partial charge in [0.25, 0.3) is 11.8 Å². The van der Waals surface area contributed by atoms with Crippen molar-refractivity contribution < 1.29 is 29.0 Å². The highest BCUT2D eigenvalue weighted by atomic mass is 16.6. The van der Waals surface area contributed by atoms with Crippen LogP contribution in [0.25, 0.3) is 0 Å². The number of fused-ring (bicyclic) bond motifs is 1. The molecule has 0 spiro atoms. The van der Waals surface area contributed by atoms with Gasteiger partial charge in [0, 0.05) is 5.56 Å². The molecular weight excluding hydrogens is 448 g/mol. The third-order valence-electron chi connectivity index (χ3n) is 5.89. The Morgan fingerprint density at radius 1 is 0.914 bits per heavy atom. The van der Waals surface area contributed by atoms with Gasteiger partial charge >= 0.3 is 5.97 Å². The normalized spacial score (nSPS) is 19.1. The van der Waals surface area contributed by atoms with Gasteiger partial charge in [0.1, 0.15) is 12.4 Å². The molecule has 0 aromatic heterocycles. The van der Waals surface area contributed by atoms with Crippen molar-refractivity contribution in [3.8, 4) is 0 Å². The van der Waals surface area contributed by atoms with Crippen molar-refractivity contribution in [2.45, 2.75) is 18.4 Å². The Hall–Kier alpha value is -4.43. The Balaban J connectivity index is 1.36. The number of esters is 1. The molecular formula is C27H22N2O6. The molecule has 176 valence electrons. The summed E-state index contributed by atoms with van der Waals surface area (Å²) in [5.41, 5.74) is 1.58. The van der Waals surface area contributed by atoms with Crippen LogP contribution in [0.1, 0.15) is 27.6 Å². The second-order valence-corrected chi connectivity index (χ2v) is 8.13. The van der Waals surface area contributed by atoms with Crippen LogP contribution in [0, 0.1) is 0 Å². The molecule has 1 fully saturated rings. The van der Waals surface area contributed by atoms with Gasteiger partial charge < -0.3 is 19.9 Å². The van der Waals surface area contributed by atoms with Crippen molar-refractivity contribution in [2.75, 3.05) is 6.61 Å². The van der Waals surface area contributed by atoms with E-state index in [2.05, 4.69) is 5.32 Å². The minimum absolute atomic E-state index is 0.284. The number of carbonyl (C=O) groups excluding carboxylic acids is 3. The molecule has 2 heterocycles. The number of hydrogen-bond donors (Lipinski definition) is 2. The lowest BCUT2D eigenvalue weighted by atomic mass is 9.99. The predicted octanol–water partition coefficient (Wildman–Crippen LogP) is 3.09. The van der Waals surface area contributed by atoms with Gasteiger partial charge in [0.2, 0.25) is 0 Å². The zero-order valence-corrected chi connectivity index (χ0v) is 18.5. The van der Waals surface area contributed by atoms with Gasteiger partial charge in [0.05, 0.1) is 0 Å². The lowest BCUT2D eigenvalue weighted by Gasteiger charge is -2.48. The number of benzene rings is 3. The van der Waals surface area contributed by atoms with E-state index in [1.807, 2.05) is 60.7 Å². The minimum atomic E-state index is -0.988. The van der Waals surface area contributed by atoms with Gasteiger partial charge in [-0.1, -0.05) is 78.9 Å². The summed E-state index contributed by atoms with van der Waals surface area (Å²) in [6.07, 6.45) is -1.68. The van der Waals surface area contributed by atoms with Gasteiger partial charge in [-0.2, -0.15) is 0 Å². The Bertz CT molecular complexity index is 1240. The maximum atomic E-state index is 13.3. The molecule has 2 unspecified atom stereocenters. The second-order valence-electron chi connectivity index (χ2n) is 8.13. The van der Waals surface area contributed by atoms with Crippen molar-refractivity contribution in [2.24, 2.45) is 0 Å². The van der Waals surface area contributed by atoms with Crippen LogP contribution in [0.3, 0.4) is 0 Å². The number of aliphatic hydroxyl groups excluding tert-OH is 1. The maximum Gasteiger partial charge on any atom is 0.359 e. The molecule has 5 rings (SSSR count). The fourth-order valence-electron chi connectivity index (χ4n) is 4.15. The number of ether oxygens (including phenoxy) is 2. The van der Waals surface area contributed by atoms with Gasteiger partial charge in [-0.15, -0.1) is 0 Å². The summed E-state index contributed by atoms with van der Waals surface area (Å²) in [7, 11) is 0. The lowest BCUT2D eigenvalue weighted by Crippen LogP contribution is -2.73. The molecule has 0 radical (unpaired) electrons. The third-order valence-corrected chi connectivity index (χ3v) is 5.89. The number of nitrogens with one attached hydrogen (secondary N) is 1. The molecule has 0 aliphatic carbocycles. The minimum Gasteiger partial charge on any atom is -0.507 e. The Morgan fingerprint density at radius 3 is 2.03 bits per heavy atom. The van der Waals surface area contributed by atoms with Crippen LogP contribution in [0.4, 0.5) is 0 Å². The first-order valence-electron chi connectivity index (χ1n) is 11.1. The number of amides is 2. The fourth-order valence-corrected chi connectivity index (χ4v) is 4.15. The first-order chi connectivity index (χ1) is 17.0. The van der Waals surface area contributed by atoms with Crippen molar-refractivity contribution in [3.05, 3.63) is 119 Å². The van der Waals surface area contributed by atoms with E-state index in [9.17, 15) is 19.5 Å². The molecule has 0 saturated carbocycles. The van der Waals surface area contributed by atoms with Crippen LogP contribution in [0.2, 0.25) is 0 Å². The molecule has 35 heavy (non-hydrogen) atoms. The first-order valence-corrected chi connectivity index (χ1v) is 11.1. The van der Waals surface area contributed by atoms with Gasteiger partial charge in [-0.05, 0) is 23.3 Å². The monoisotopic (exact) mass is 470 g/mol. The quantitative estimate of drug-likeness (QED) is 0.424. The smallest absolute Gasteiger partial charge is 0.359 e. The van der Waals surface area contributed by atoms with Crippen molar-refractivity contribution in [3.63, 3.8) is 0 Å². The van der Waals surface area contributed by atoms with Crippen molar-refractivity contribution in [1.82, 2.24) is 10.2 Å². The van der Waals surface area contributed by atoms with E-state index in [0.29, 0.717) is 5.56 Å². The molecule has 1 saturated heterocycles. The highest BCUT2D eigenvalue weighted by Crippen LogP contribution is 2.35. The average molecular weight is 470 g/mol. The van der Waals surface area contributed by atoms with Crippen LogP contribution < -0.4 is 5.32 Å². The molecule has 2 N–H and O–H groups in total. The summed E-state index contributed by atoms with van der Waals surface area (Å²) in [6.45, 7) is -0.294. The molecule has 3 aromatic rings. The van der Waals surface area contributed by atoms with Gasteiger partial charge in [-0.25, -0.2) is 4.79 Å². The Labute approximate surface area is 201 Å². The van der Waals surface area contributed by atoms with Gasteiger partial charge in [0.15, 0.2) is 24.1 Å². The highest BCUT2D eigenvalue weighted by molar-refractivity contribution is 6.03. The van der Waals surface area contributed by atoms with Crippen LogP contribution >= 0.6 is 0 Å². The molecule has 3 aromatic carbocycles. The van der Waals surface area contributed by atoms with E-state index in [1.54, 1.807) is 30.3 Å². The summed E-state index contributed by atoms with van der Waals surface area (Å²) in [6, 6.07) is 25.8. The molecule has 2 aliphatic rings. The van der Waals surface area contributed by atoms with Crippen molar-refractivity contribution >= 4 is 17.8 Å². The molecule has 8 heteroatoms. The van der Waals surface area contributed by atoms with E-state index >= 15 is 0 Å². The Kier molecular flexibility index (Phi) is 6.03. The highest BCUT2D eigenvalue weighted by Gasteiger charge is 2.55. The molecule has 2 amide bonds. The van der Waals surface area contributed by atoms with Crippen LogP contribution in [-0.4, -0.2) is 46.7 Å². The summed E-state index contributed by atoms with van der Waals surface area (Å²) >= 11 is 0. The predicted molar refractivity (Wildman–Crippen MR) is 125 cm³/mol. The summed E-state index contributed by atoms with van der Waals surface area (Å²) < 4.78 is 11.4. The standard InChI is InChI=1S/C27H22N2O6/c30-20-16-34-26-21(28-24(31)19-14-8-3-9-15-19)25(32)29(26)22(20)27(33)35-23(17-10-4-1-5-11-17)18-12-6-2-7-13-18/h1-15,21,23,26,30H,16H2,(H,28,31). The number of carbonyl (C=O) groups is 3. The van der Waals surface area contributed by atoms with E-state index < -0.39 is 41.9 Å². The number of hydrogen-bond acceptors (Lipinski definition) is 6. The van der Waals surface area contributed by atoms with E-state index in [0.717, 1.165) is 16.0 Å². The number of β-lactam (4-membered cyclic amide) rings is 1. The van der Waals surface area contributed by atoms with E-state index in [1.165, 1.54) is 0 Å². The van der Waals surface area contributed by atoms with Crippen molar-refractivity contribution in [1.29, 1.82) is 0 Å². The van der Waals surface area contributed by atoms with Crippen LogP contribution in [0.5, 0.6) is 0 Å². The van der Waals surface area contributed by atoms with Crippen LogP contribution in [-0.2, 0) is 19.1 Å². The lowest BCUT2D eigenvalue weighted by molar-refractivity contribution is -0.187. The van der Waals surface area contributed by atoms with E-state index in [4.69, 9.17) is 9.47 Å². The first kappa shape index (κ1) is 22.4. The van der Waals surface area contributed by atoms with E-state index in [-0.39, 0.29) is 12.3 Å². The molecule has 8 nitrogen and oxygen atoms in total.